The van der Waals surface area contributed by atoms with Crippen LogP contribution in [0.1, 0.15) is 73.6 Å². The smallest absolute Gasteiger partial charge is 0.426 e. The summed E-state index contributed by atoms with van der Waals surface area (Å²) in [7, 11) is 0. The van der Waals surface area contributed by atoms with E-state index in [2.05, 4.69) is 13.2 Å². The summed E-state index contributed by atoms with van der Waals surface area (Å²) in [6, 6.07) is 20.5. The van der Waals surface area contributed by atoms with Crippen LogP contribution in [0.5, 0.6) is 11.5 Å². The molecule has 0 atom stereocenters. The van der Waals surface area contributed by atoms with Gasteiger partial charge >= 0.3 is 24.2 Å². The zero-order valence-corrected chi connectivity index (χ0v) is 29.1. The minimum absolute atomic E-state index is 0.179. The second-order valence-corrected chi connectivity index (χ2v) is 12.3. The standard InChI is InChI=1S/C42H44F4O6/c1-3-39(47)49-29-13-7-5-9-15-31-19-23-33(24-20-31)41(43,44)51-37-27-28-38(36-18-12-11-17-35(36)37)52-42(45,46)34-25-21-32(22-26-34)16-10-6-8-14-30-50-40(48)4-2/h3-4,11-12,17-28H,1-2,5-10,13-16,29-30H2. The minimum atomic E-state index is -3.70. The Balaban J connectivity index is 1.32. The Bertz CT molecular complexity index is 1640. The third kappa shape index (κ3) is 12.0. The summed E-state index contributed by atoms with van der Waals surface area (Å²) in [4.78, 5) is 22.1. The molecule has 4 aromatic rings. The number of carbonyl (C=O) groups is 2. The van der Waals surface area contributed by atoms with E-state index in [1.165, 1.54) is 48.5 Å². The second kappa shape index (κ2) is 19.5. The van der Waals surface area contributed by atoms with Gasteiger partial charge in [-0.15, -0.1) is 0 Å². The first-order valence-electron chi connectivity index (χ1n) is 17.4. The lowest BCUT2D eigenvalue weighted by Crippen LogP contribution is -2.23. The third-order valence-electron chi connectivity index (χ3n) is 8.44. The maximum Gasteiger partial charge on any atom is 0.426 e. The summed E-state index contributed by atoms with van der Waals surface area (Å²) in [5, 5.41) is 0.390. The predicted molar refractivity (Wildman–Crippen MR) is 193 cm³/mol. The lowest BCUT2D eigenvalue weighted by molar-refractivity contribution is -0.186. The summed E-state index contributed by atoms with van der Waals surface area (Å²) < 4.78 is 81.9. The van der Waals surface area contributed by atoms with Gasteiger partial charge in [0.25, 0.3) is 0 Å². The van der Waals surface area contributed by atoms with Gasteiger partial charge in [-0.3, -0.25) is 0 Å². The zero-order valence-electron chi connectivity index (χ0n) is 29.1. The van der Waals surface area contributed by atoms with Crippen molar-refractivity contribution in [3.05, 3.63) is 132 Å². The Morgan fingerprint density at radius 2 is 0.885 bits per heavy atom. The fourth-order valence-corrected chi connectivity index (χ4v) is 5.58. The van der Waals surface area contributed by atoms with Gasteiger partial charge in [0.2, 0.25) is 0 Å². The Morgan fingerprint density at radius 1 is 0.519 bits per heavy atom. The van der Waals surface area contributed by atoms with Crippen LogP contribution in [0.15, 0.2) is 110 Å². The molecule has 0 aliphatic rings. The average molecular weight is 721 g/mol. The first-order chi connectivity index (χ1) is 25.0. The highest BCUT2D eigenvalue weighted by molar-refractivity contribution is 5.93. The summed E-state index contributed by atoms with van der Waals surface area (Å²) >= 11 is 0. The van der Waals surface area contributed by atoms with Gasteiger partial charge in [0.15, 0.2) is 0 Å². The molecule has 276 valence electrons. The van der Waals surface area contributed by atoms with Gasteiger partial charge in [-0.25, -0.2) is 9.59 Å². The van der Waals surface area contributed by atoms with Crippen molar-refractivity contribution in [3.8, 4) is 11.5 Å². The highest BCUT2D eigenvalue weighted by Gasteiger charge is 2.37. The van der Waals surface area contributed by atoms with E-state index >= 15 is 17.6 Å². The fourth-order valence-electron chi connectivity index (χ4n) is 5.58. The molecule has 0 saturated carbocycles. The molecule has 4 rings (SSSR count). The van der Waals surface area contributed by atoms with E-state index in [4.69, 9.17) is 18.9 Å². The van der Waals surface area contributed by atoms with Crippen molar-refractivity contribution in [1.29, 1.82) is 0 Å². The van der Waals surface area contributed by atoms with Gasteiger partial charge in [0.1, 0.15) is 11.5 Å². The van der Waals surface area contributed by atoms with E-state index < -0.39 is 24.2 Å². The van der Waals surface area contributed by atoms with Crippen molar-refractivity contribution < 1.29 is 46.1 Å². The Kier molecular flexibility index (Phi) is 14.9. The van der Waals surface area contributed by atoms with E-state index in [1.54, 1.807) is 36.4 Å². The third-order valence-corrected chi connectivity index (χ3v) is 8.44. The lowest BCUT2D eigenvalue weighted by Gasteiger charge is -2.22. The number of aryl methyl sites for hydroxylation is 2. The van der Waals surface area contributed by atoms with Gasteiger partial charge in [-0.1, -0.05) is 87.4 Å². The van der Waals surface area contributed by atoms with Crippen LogP contribution < -0.4 is 9.47 Å². The summed E-state index contributed by atoms with van der Waals surface area (Å²) in [5.74, 6) is -1.24. The number of esters is 2. The molecule has 0 aromatic heterocycles. The van der Waals surface area contributed by atoms with Crippen LogP contribution in [0, 0.1) is 0 Å². The highest BCUT2D eigenvalue weighted by atomic mass is 19.3. The maximum atomic E-state index is 15.4. The lowest BCUT2D eigenvalue weighted by atomic mass is 10.0. The number of rotatable bonds is 22. The molecule has 0 saturated heterocycles. The summed E-state index contributed by atoms with van der Waals surface area (Å²) in [6.07, 6.45) is 3.01. The van der Waals surface area contributed by atoms with Crippen LogP contribution in [0.3, 0.4) is 0 Å². The molecule has 0 amide bonds. The van der Waals surface area contributed by atoms with Crippen molar-refractivity contribution >= 4 is 22.7 Å². The first kappa shape index (κ1) is 39.7. The molecule has 6 nitrogen and oxygen atoms in total. The minimum Gasteiger partial charge on any atom is -0.463 e. The van der Waals surface area contributed by atoms with Crippen LogP contribution in [-0.2, 0) is 44.1 Å². The van der Waals surface area contributed by atoms with Gasteiger partial charge < -0.3 is 18.9 Å². The maximum absolute atomic E-state index is 15.4. The molecular weight excluding hydrogens is 676 g/mol. The summed E-state index contributed by atoms with van der Waals surface area (Å²) in [6.45, 7) is 7.38. The zero-order chi connectivity index (χ0) is 37.4. The number of hydrogen-bond acceptors (Lipinski definition) is 6. The monoisotopic (exact) mass is 720 g/mol. The van der Waals surface area contributed by atoms with Gasteiger partial charge in [-0.05, 0) is 86.1 Å². The fraction of sp³-hybridized carbons (Fsp3) is 0.333. The highest BCUT2D eigenvalue weighted by Crippen LogP contribution is 2.41. The van der Waals surface area contributed by atoms with E-state index in [0.29, 0.717) is 26.1 Å². The number of benzene rings is 4. The Hall–Kier alpha value is -5.12. The van der Waals surface area contributed by atoms with Gasteiger partial charge in [-0.2, -0.15) is 17.6 Å². The Labute approximate surface area is 302 Å². The van der Waals surface area contributed by atoms with E-state index in [1.807, 2.05) is 0 Å². The number of alkyl halides is 4. The normalized spacial score (nSPS) is 11.5. The number of fused-ring (bicyclic) bond motifs is 1. The number of carbonyl (C=O) groups excluding carboxylic acids is 2. The molecule has 0 radical (unpaired) electrons. The quantitative estimate of drug-likeness (QED) is 0.0348. The van der Waals surface area contributed by atoms with Crippen LogP contribution >= 0.6 is 0 Å². The van der Waals surface area contributed by atoms with Crippen LogP contribution in [0.2, 0.25) is 0 Å². The molecule has 0 spiro atoms. The molecule has 52 heavy (non-hydrogen) atoms. The van der Waals surface area contributed by atoms with Crippen molar-refractivity contribution in [3.63, 3.8) is 0 Å². The number of ether oxygens (including phenoxy) is 4. The van der Waals surface area contributed by atoms with E-state index in [0.717, 1.165) is 74.6 Å². The van der Waals surface area contributed by atoms with Crippen molar-refractivity contribution in [2.75, 3.05) is 13.2 Å². The first-order valence-corrected chi connectivity index (χ1v) is 17.4. The summed E-state index contributed by atoms with van der Waals surface area (Å²) in [5.41, 5.74) is 1.12. The van der Waals surface area contributed by atoms with Crippen LogP contribution in [-0.4, -0.2) is 25.2 Å². The van der Waals surface area contributed by atoms with Gasteiger partial charge in [0.05, 0.1) is 24.3 Å². The molecule has 0 aliphatic heterocycles. The molecule has 0 bridgehead atoms. The van der Waals surface area contributed by atoms with Crippen molar-refractivity contribution in [1.82, 2.24) is 0 Å². The van der Waals surface area contributed by atoms with Crippen LogP contribution in [0.4, 0.5) is 17.6 Å². The molecule has 4 aromatic carbocycles. The largest absolute Gasteiger partial charge is 0.463 e. The van der Waals surface area contributed by atoms with Gasteiger partial charge in [0, 0.05) is 22.9 Å². The molecule has 0 fully saturated rings. The number of unbranched alkanes of at least 4 members (excludes halogenated alkanes) is 6. The van der Waals surface area contributed by atoms with E-state index in [-0.39, 0.29) is 33.4 Å². The average Bonchev–Trinajstić information content (AvgIpc) is 3.15. The van der Waals surface area contributed by atoms with Crippen LogP contribution in [0.25, 0.3) is 10.8 Å². The molecule has 0 heterocycles. The molecule has 0 N–H and O–H groups in total. The number of hydrogen-bond donors (Lipinski definition) is 0. The second-order valence-electron chi connectivity index (χ2n) is 12.3. The molecular formula is C42H44F4O6. The number of halogens is 4. The predicted octanol–water partition coefficient (Wildman–Crippen LogP) is 10.8. The topological polar surface area (TPSA) is 71.1 Å². The molecule has 0 aliphatic carbocycles. The molecule has 10 heteroatoms. The van der Waals surface area contributed by atoms with Crippen molar-refractivity contribution in [2.24, 2.45) is 0 Å². The molecule has 0 unspecified atom stereocenters. The van der Waals surface area contributed by atoms with E-state index in [9.17, 15) is 9.59 Å². The van der Waals surface area contributed by atoms with Crippen molar-refractivity contribution in [2.45, 2.75) is 76.4 Å². The SMILES string of the molecule is C=CC(=O)OCCCCCCc1ccc(C(F)(F)Oc2ccc(OC(F)(F)c3ccc(CCCCCCOC(=O)C=C)cc3)c3ccccc23)cc1. The Morgan fingerprint density at radius 3 is 1.25 bits per heavy atom.